The van der Waals surface area contributed by atoms with Crippen molar-refractivity contribution < 1.29 is 9.15 Å². The molecule has 0 aliphatic rings. The topological polar surface area (TPSA) is 85.1 Å². The van der Waals surface area contributed by atoms with Crippen molar-refractivity contribution in [3.05, 3.63) is 59.6 Å². The van der Waals surface area contributed by atoms with Gasteiger partial charge in [0.15, 0.2) is 12.0 Å². The molecule has 0 aliphatic heterocycles. The number of aromatic nitrogens is 3. The van der Waals surface area contributed by atoms with Crippen LogP contribution < -0.4 is 15.4 Å². The first-order chi connectivity index (χ1) is 13.5. The maximum absolute atomic E-state index is 5.45. The van der Waals surface area contributed by atoms with Crippen LogP contribution in [-0.2, 0) is 0 Å². The zero-order chi connectivity index (χ0) is 19.7. The van der Waals surface area contributed by atoms with Crippen LogP contribution in [0.1, 0.15) is 16.7 Å². The zero-order valence-electron chi connectivity index (χ0n) is 16.2. The third-order valence-electron chi connectivity index (χ3n) is 4.66. The summed E-state index contributed by atoms with van der Waals surface area (Å²) in [6.07, 6.45) is 3.22. The van der Waals surface area contributed by atoms with Crippen LogP contribution in [0.2, 0.25) is 0 Å². The van der Waals surface area contributed by atoms with Crippen LogP contribution in [0.25, 0.3) is 11.1 Å². The lowest BCUT2D eigenvalue weighted by Gasteiger charge is -2.13. The predicted octanol–water partition coefficient (Wildman–Crippen LogP) is 5.04. The van der Waals surface area contributed by atoms with Gasteiger partial charge in [-0.05, 0) is 56.2 Å². The van der Waals surface area contributed by atoms with Crippen LogP contribution in [0.5, 0.6) is 5.75 Å². The number of ether oxygens (including phenoxy) is 1. The van der Waals surface area contributed by atoms with Gasteiger partial charge in [0.05, 0.1) is 7.11 Å². The number of nitrogens with one attached hydrogen (secondary N) is 2. The van der Waals surface area contributed by atoms with Gasteiger partial charge in [-0.25, -0.2) is 9.97 Å². The van der Waals surface area contributed by atoms with Crippen molar-refractivity contribution in [3.63, 3.8) is 0 Å². The first kappa shape index (κ1) is 17.8. The van der Waals surface area contributed by atoms with E-state index in [4.69, 9.17) is 9.15 Å². The number of rotatable bonds is 5. The van der Waals surface area contributed by atoms with Crippen LogP contribution >= 0.6 is 0 Å². The monoisotopic (exact) mass is 375 g/mol. The number of hydrogen-bond donors (Lipinski definition) is 2. The number of methoxy groups -OCH3 is 1. The minimum Gasteiger partial charge on any atom is -0.496 e. The lowest BCUT2D eigenvalue weighted by molar-refractivity contribution is 0.411. The summed E-state index contributed by atoms with van der Waals surface area (Å²) in [7, 11) is 1.67. The number of aryl methyl sites for hydroxylation is 2. The van der Waals surface area contributed by atoms with Gasteiger partial charge in [0.25, 0.3) is 0 Å². The smallest absolute Gasteiger partial charge is 0.229 e. The van der Waals surface area contributed by atoms with Crippen LogP contribution in [-0.4, -0.2) is 22.1 Å². The standard InChI is InChI=1S/C21H21N5O2/c1-12-7-16(9-19(27-4)14(12)3)25-21-22-10-13(2)20(26-21)24-15-5-6-18-17(8-15)23-11-28-18/h5-11H,1-4H3,(H2,22,24,25,26). The van der Waals surface area contributed by atoms with Crippen LogP contribution in [0.15, 0.2) is 47.3 Å². The second kappa shape index (κ2) is 7.19. The summed E-state index contributed by atoms with van der Waals surface area (Å²) in [4.78, 5) is 13.2. The summed E-state index contributed by atoms with van der Waals surface area (Å²) in [5.74, 6) is 2.05. The van der Waals surface area contributed by atoms with Gasteiger partial charge in [-0.15, -0.1) is 0 Å². The minimum atomic E-state index is 0.501. The van der Waals surface area contributed by atoms with Gasteiger partial charge in [-0.1, -0.05) is 0 Å². The van der Waals surface area contributed by atoms with Gasteiger partial charge >= 0.3 is 0 Å². The summed E-state index contributed by atoms with van der Waals surface area (Å²) < 4.78 is 10.7. The van der Waals surface area contributed by atoms with Crippen LogP contribution in [0.3, 0.4) is 0 Å². The third kappa shape index (κ3) is 3.46. The molecule has 0 bridgehead atoms. The molecule has 2 aromatic heterocycles. The summed E-state index contributed by atoms with van der Waals surface area (Å²) in [6.45, 7) is 6.04. The fraction of sp³-hybridized carbons (Fsp3) is 0.190. The molecule has 2 heterocycles. The zero-order valence-corrected chi connectivity index (χ0v) is 16.2. The van der Waals surface area contributed by atoms with Gasteiger partial charge in [0.2, 0.25) is 5.95 Å². The number of oxazole rings is 1. The second-order valence-electron chi connectivity index (χ2n) is 6.63. The Bertz CT molecular complexity index is 1150. The second-order valence-corrected chi connectivity index (χ2v) is 6.63. The molecule has 28 heavy (non-hydrogen) atoms. The highest BCUT2D eigenvalue weighted by molar-refractivity contribution is 5.78. The number of benzene rings is 2. The molecule has 0 radical (unpaired) electrons. The minimum absolute atomic E-state index is 0.501. The summed E-state index contributed by atoms with van der Waals surface area (Å²) >= 11 is 0. The summed E-state index contributed by atoms with van der Waals surface area (Å²) in [5.41, 5.74) is 6.47. The average Bonchev–Trinajstić information content (AvgIpc) is 3.15. The molecule has 7 nitrogen and oxygen atoms in total. The van der Waals surface area contributed by atoms with E-state index < -0.39 is 0 Å². The number of anilines is 4. The molecule has 7 heteroatoms. The van der Waals surface area contributed by atoms with E-state index in [9.17, 15) is 0 Å². The van der Waals surface area contributed by atoms with E-state index in [1.807, 2.05) is 51.1 Å². The molecular weight excluding hydrogens is 354 g/mol. The average molecular weight is 375 g/mol. The Morgan fingerprint density at radius 3 is 2.61 bits per heavy atom. The van der Waals surface area contributed by atoms with Crippen molar-refractivity contribution in [2.24, 2.45) is 0 Å². The molecule has 0 fully saturated rings. The Hall–Kier alpha value is -3.61. The Kier molecular flexibility index (Phi) is 4.57. The van der Waals surface area contributed by atoms with Crippen molar-refractivity contribution in [1.29, 1.82) is 0 Å². The number of hydrogen-bond acceptors (Lipinski definition) is 7. The molecule has 0 saturated heterocycles. The summed E-state index contributed by atoms with van der Waals surface area (Å²) in [5, 5.41) is 6.58. The van der Waals surface area contributed by atoms with Gasteiger partial charge < -0.3 is 19.8 Å². The van der Waals surface area contributed by atoms with Crippen molar-refractivity contribution in [2.75, 3.05) is 17.7 Å². The predicted molar refractivity (Wildman–Crippen MR) is 110 cm³/mol. The molecule has 4 aromatic rings. The first-order valence-corrected chi connectivity index (χ1v) is 8.89. The quantitative estimate of drug-likeness (QED) is 0.505. The highest BCUT2D eigenvalue weighted by atomic mass is 16.5. The summed E-state index contributed by atoms with van der Waals surface area (Å²) in [6, 6.07) is 9.71. The fourth-order valence-corrected chi connectivity index (χ4v) is 2.94. The lowest BCUT2D eigenvalue weighted by Crippen LogP contribution is -2.03. The van der Waals surface area contributed by atoms with E-state index in [0.717, 1.165) is 50.7 Å². The maximum atomic E-state index is 5.45. The molecule has 4 rings (SSSR count). The number of nitrogens with zero attached hydrogens (tertiary/aromatic N) is 3. The van der Waals surface area contributed by atoms with E-state index in [0.29, 0.717) is 5.95 Å². The molecule has 2 aromatic carbocycles. The lowest BCUT2D eigenvalue weighted by atomic mass is 10.1. The van der Waals surface area contributed by atoms with E-state index in [2.05, 4.69) is 25.6 Å². The van der Waals surface area contributed by atoms with E-state index in [1.54, 1.807) is 13.3 Å². The normalized spacial score (nSPS) is 10.9. The van der Waals surface area contributed by atoms with Gasteiger partial charge in [-0.3, -0.25) is 0 Å². The van der Waals surface area contributed by atoms with Crippen LogP contribution in [0, 0.1) is 20.8 Å². The van der Waals surface area contributed by atoms with Gasteiger partial charge in [0, 0.05) is 29.2 Å². The van der Waals surface area contributed by atoms with E-state index >= 15 is 0 Å². The Morgan fingerprint density at radius 1 is 0.929 bits per heavy atom. The highest BCUT2D eigenvalue weighted by Crippen LogP contribution is 2.28. The molecule has 0 unspecified atom stereocenters. The van der Waals surface area contributed by atoms with Crippen molar-refractivity contribution in [2.45, 2.75) is 20.8 Å². The molecule has 2 N–H and O–H groups in total. The largest absolute Gasteiger partial charge is 0.496 e. The molecular formula is C21H21N5O2. The molecule has 0 spiro atoms. The molecule has 0 amide bonds. The molecule has 0 aliphatic carbocycles. The molecule has 0 saturated carbocycles. The van der Waals surface area contributed by atoms with Crippen molar-refractivity contribution >= 4 is 34.2 Å². The van der Waals surface area contributed by atoms with Gasteiger partial charge in [-0.2, -0.15) is 4.98 Å². The van der Waals surface area contributed by atoms with Crippen LogP contribution in [0.4, 0.5) is 23.1 Å². The Balaban J connectivity index is 1.61. The third-order valence-corrected chi connectivity index (χ3v) is 4.66. The fourth-order valence-electron chi connectivity index (χ4n) is 2.94. The SMILES string of the molecule is COc1cc(Nc2ncc(C)c(Nc3ccc4ocnc4c3)n2)cc(C)c1C. The maximum Gasteiger partial charge on any atom is 0.229 e. The van der Waals surface area contributed by atoms with Crippen molar-refractivity contribution in [1.82, 2.24) is 15.0 Å². The highest BCUT2D eigenvalue weighted by Gasteiger charge is 2.09. The molecule has 0 atom stereocenters. The Labute approximate surface area is 162 Å². The van der Waals surface area contributed by atoms with Gasteiger partial charge in [0.1, 0.15) is 17.1 Å². The first-order valence-electron chi connectivity index (χ1n) is 8.89. The Morgan fingerprint density at radius 2 is 1.79 bits per heavy atom. The van der Waals surface area contributed by atoms with E-state index in [-0.39, 0.29) is 0 Å². The number of fused-ring (bicyclic) bond motifs is 1. The molecule has 142 valence electrons. The van der Waals surface area contributed by atoms with E-state index in [1.165, 1.54) is 6.39 Å². The van der Waals surface area contributed by atoms with Crippen molar-refractivity contribution in [3.8, 4) is 5.75 Å².